The maximum Gasteiger partial charge on any atom is 0.273 e. The van der Waals surface area contributed by atoms with Gasteiger partial charge in [0.15, 0.2) is 5.71 Å². The van der Waals surface area contributed by atoms with Crippen molar-refractivity contribution >= 4 is 29.2 Å². The van der Waals surface area contributed by atoms with Crippen LogP contribution in [0.3, 0.4) is 0 Å². The fraction of sp³-hybridized carbons (Fsp3) is 0.312. The number of carbonyl (C=O) groups excluding carboxylic acids is 1. The lowest BCUT2D eigenvalue weighted by atomic mass is 10.2. The van der Waals surface area contributed by atoms with E-state index in [1.54, 1.807) is 0 Å². The number of nitrogens with two attached hydrogens (primary N) is 1. The Bertz CT molecular complexity index is 800. The number of aromatic nitrogens is 2. The summed E-state index contributed by atoms with van der Waals surface area (Å²) in [5.74, 6) is 4.74. The summed E-state index contributed by atoms with van der Waals surface area (Å²) in [6.07, 6.45) is 2.58. The van der Waals surface area contributed by atoms with E-state index in [0.29, 0.717) is 17.8 Å². The monoisotopic (exact) mass is 360 g/mol. The van der Waals surface area contributed by atoms with Crippen molar-refractivity contribution in [1.29, 1.82) is 0 Å². The van der Waals surface area contributed by atoms with Crippen LogP contribution in [0, 0.1) is 0 Å². The Kier molecular flexibility index (Phi) is 5.13. The Morgan fingerprint density at radius 3 is 2.76 bits per heavy atom. The molecular formula is C16H17FN6OS. The molecule has 1 aliphatic carbocycles. The van der Waals surface area contributed by atoms with Gasteiger partial charge in [-0.2, -0.15) is 5.10 Å². The van der Waals surface area contributed by atoms with Gasteiger partial charge >= 0.3 is 0 Å². The van der Waals surface area contributed by atoms with Crippen LogP contribution in [-0.4, -0.2) is 40.2 Å². The molecule has 3 N–H and O–H groups in total. The molecule has 1 aromatic carbocycles. The van der Waals surface area contributed by atoms with Crippen LogP contribution < -0.4 is 11.2 Å². The van der Waals surface area contributed by atoms with Gasteiger partial charge in [-0.05, 0) is 12.8 Å². The maximum atomic E-state index is 12.8. The first-order chi connectivity index (χ1) is 12.2. The van der Waals surface area contributed by atoms with Crippen LogP contribution in [0.25, 0.3) is 10.6 Å². The van der Waals surface area contributed by atoms with Crippen LogP contribution in [0.2, 0.25) is 0 Å². The van der Waals surface area contributed by atoms with E-state index < -0.39 is 18.1 Å². The average molecular weight is 360 g/mol. The second-order valence-corrected chi connectivity index (χ2v) is 6.74. The number of nitrogens with zero attached hydrogens (tertiary/aromatic N) is 4. The van der Waals surface area contributed by atoms with Gasteiger partial charge in [0.25, 0.3) is 5.91 Å². The fourth-order valence-electron chi connectivity index (χ4n) is 2.06. The first-order valence-electron chi connectivity index (χ1n) is 7.71. The lowest BCUT2D eigenvalue weighted by molar-refractivity contribution is -0.114. The Morgan fingerprint density at radius 2 is 2.12 bits per heavy atom. The normalized spacial score (nSPS) is 16.1. The van der Waals surface area contributed by atoms with Crippen molar-refractivity contribution in [1.82, 2.24) is 15.5 Å². The van der Waals surface area contributed by atoms with Gasteiger partial charge in [0.2, 0.25) is 0 Å². The summed E-state index contributed by atoms with van der Waals surface area (Å²) in [6.45, 7) is -0.347. The minimum Gasteiger partial charge on any atom is -0.344 e. The third kappa shape index (κ3) is 4.24. The number of rotatable bonds is 7. The second kappa shape index (κ2) is 7.47. The highest BCUT2D eigenvalue weighted by molar-refractivity contribution is 7.14. The molecule has 9 heteroatoms. The molecule has 0 unspecified atom stereocenters. The van der Waals surface area contributed by atoms with Crippen molar-refractivity contribution in [3.63, 3.8) is 0 Å². The van der Waals surface area contributed by atoms with E-state index in [1.165, 1.54) is 17.6 Å². The lowest BCUT2D eigenvalue weighted by Crippen LogP contribution is -2.32. The van der Waals surface area contributed by atoms with Gasteiger partial charge in [-0.25, -0.2) is 4.39 Å². The molecular weight excluding hydrogens is 343 g/mol. The molecule has 2 aromatic rings. The number of carbonyl (C=O) groups is 1. The maximum absolute atomic E-state index is 12.8. The van der Waals surface area contributed by atoms with Crippen LogP contribution in [0.1, 0.15) is 17.8 Å². The molecule has 0 saturated heterocycles. The van der Waals surface area contributed by atoms with Gasteiger partial charge < -0.3 is 11.2 Å². The zero-order valence-corrected chi connectivity index (χ0v) is 14.2. The van der Waals surface area contributed by atoms with Crippen molar-refractivity contribution in [2.45, 2.75) is 24.9 Å². The van der Waals surface area contributed by atoms with Crippen molar-refractivity contribution in [3.05, 3.63) is 35.3 Å². The molecule has 1 aromatic heterocycles. The van der Waals surface area contributed by atoms with E-state index in [4.69, 9.17) is 5.84 Å². The minimum atomic E-state index is -0.681. The number of hydrazone groups is 1. The molecule has 0 spiro atoms. The summed E-state index contributed by atoms with van der Waals surface area (Å²) in [6, 6.07) is 9.65. The highest BCUT2D eigenvalue weighted by Crippen LogP contribution is 2.39. The summed E-state index contributed by atoms with van der Waals surface area (Å²) in [5.41, 5.74) is 0.238. The van der Waals surface area contributed by atoms with Gasteiger partial charge in [0.1, 0.15) is 16.7 Å². The van der Waals surface area contributed by atoms with Crippen LogP contribution in [0.4, 0.5) is 4.39 Å². The summed E-state index contributed by atoms with van der Waals surface area (Å²) >= 11 is 1.39. The molecule has 0 atom stereocenters. The highest BCUT2D eigenvalue weighted by atomic mass is 32.1. The van der Waals surface area contributed by atoms with Gasteiger partial charge in [0, 0.05) is 5.56 Å². The quantitative estimate of drug-likeness (QED) is 0.445. The molecule has 1 fully saturated rings. The SMILES string of the molecule is N/N=C(\C=NC1(CF)CC1)C(=O)NCc1nnc(-c2ccccc2)s1. The Labute approximate surface area is 147 Å². The largest absolute Gasteiger partial charge is 0.344 e. The van der Waals surface area contributed by atoms with E-state index in [0.717, 1.165) is 10.6 Å². The lowest BCUT2D eigenvalue weighted by Gasteiger charge is -2.04. The standard InChI is InChI=1S/C16H17FN6OS/c17-10-16(6-7-16)20-8-12(21-18)14(24)19-9-13-22-23-15(25-13)11-4-2-1-3-5-11/h1-5,8H,6-7,9-10,18H2,(H,19,24)/b20-8?,21-12+. The molecule has 25 heavy (non-hydrogen) atoms. The molecule has 1 saturated carbocycles. The smallest absolute Gasteiger partial charge is 0.273 e. The van der Waals surface area contributed by atoms with Crippen LogP contribution in [0.15, 0.2) is 40.4 Å². The number of hydrogen-bond acceptors (Lipinski definition) is 7. The number of alkyl halides is 1. The van der Waals surface area contributed by atoms with E-state index in [2.05, 4.69) is 25.6 Å². The van der Waals surface area contributed by atoms with E-state index >= 15 is 0 Å². The van der Waals surface area contributed by atoms with Crippen LogP contribution in [-0.2, 0) is 11.3 Å². The van der Waals surface area contributed by atoms with E-state index in [1.807, 2.05) is 30.3 Å². The Balaban J connectivity index is 1.57. The number of hydrogen-bond donors (Lipinski definition) is 2. The molecule has 130 valence electrons. The molecule has 3 rings (SSSR count). The van der Waals surface area contributed by atoms with Gasteiger partial charge in [-0.1, -0.05) is 41.7 Å². The molecule has 0 radical (unpaired) electrons. The van der Waals surface area contributed by atoms with E-state index in [9.17, 15) is 9.18 Å². The third-order valence-corrected chi connectivity index (χ3v) is 4.77. The van der Waals surface area contributed by atoms with Crippen LogP contribution in [0.5, 0.6) is 0 Å². The number of nitrogens with one attached hydrogen (secondary N) is 1. The summed E-state index contributed by atoms with van der Waals surface area (Å²) in [5, 5.41) is 15.7. The number of benzene rings is 1. The predicted molar refractivity (Wildman–Crippen MR) is 95.2 cm³/mol. The number of aliphatic imine (C=N–C) groups is 1. The fourth-order valence-corrected chi connectivity index (χ4v) is 2.84. The highest BCUT2D eigenvalue weighted by Gasteiger charge is 2.42. The van der Waals surface area contributed by atoms with E-state index in [-0.39, 0.29) is 12.3 Å². The average Bonchev–Trinajstić information content (AvgIpc) is 3.28. The van der Waals surface area contributed by atoms with Crippen LogP contribution >= 0.6 is 11.3 Å². The van der Waals surface area contributed by atoms with Crippen molar-refractivity contribution < 1.29 is 9.18 Å². The minimum absolute atomic E-state index is 0.0486. The number of halogens is 1. The predicted octanol–water partition coefficient (Wildman–Crippen LogP) is 1.71. The topological polar surface area (TPSA) is 106 Å². The molecule has 1 aliphatic rings. The third-order valence-electron chi connectivity index (χ3n) is 3.80. The van der Waals surface area contributed by atoms with Crippen molar-refractivity contribution in [2.24, 2.45) is 15.9 Å². The second-order valence-electron chi connectivity index (χ2n) is 5.68. The summed E-state index contributed by atoms with van der Waals surface area (Å²) < 4.78 is 12.8. The first-order valence-corrected chi connectivity index (χ1v) is 8.52. The Hall–Kier alpha value is -2.68. The van der Waals surface area contributed by atoms with Gasteiger partial charge in [-0.15, -0.1) is 10.2 Å². The molecule has 1 amide bonds. The van der Waals surface area contributed by atoms with Gasteiger partial charge in [0.05, 0.1) is 18.3 Å². The molecule has 0 aliphatic heterocycles. The summed E-state index contributed by atoms with van der Waals surface area (Å²) in [4.78, 5) is 16.2. The first kappa shape index (κ1) is 17.2. The molecule has 1 heterocycles. The summed E-state index contributed by atoms with van der Waals surface area (Å²) in [7, 11) is 0. The number of amides is 1. The van der Waals surface area contributed by atoms with Gasteiger partial charge in [-0.3, -0.25) is 9.79 Å². The molecule has 0 bridgehead atoms. The Morgan fingerprint density at radius 1 is 1.36 bits per heavy atom. The van der Waals surface area contributed by atoms with Crippen molar-refractivity contribution in [3.8, 4) is 10.6 Å². The van der Waals surface area contributed by atoms with Crippen molar-refractivity contribution in [2.75, 3.05) is 6.67 Å². The molecule has 7 nitrogen and oxygen atoms in total. The zero-order chi connectivity index (χ0) is 17.7. The zero-order valence-electron chi connectivity index (χ0n) is 13.4.